The first kappa shape index (κ1) is 28.0. The van der Waals surface area contributed by atoms with Gasteiger partial charge in [0.25, 0.3) is 0 Å². The molecule has 0 bridgehead atoms. The Labute approximate surface area is 250 Å². The maximum Gasteiger partial charge on any atom is 0.320 e. The first-order valence-corrected chi connectivity index (χ1v) is 15.3. The number of rotatable bonds is 6. The van der Waals surface area contributed by atoms with Crippen LogP contribution in [0.4, 0.5) is 10.6 Å². The summed E-state index contributed by atoms with van der Waals surface area (Å²) in [7, 11) is 0. The molecule has 2 atom stereocenters. The number of aromatic nitrogens is 5. The molecule has 0 fully saturated rings. The highest BCUT2D eigenvalue weighted by atomic mass is 32.2. The van der Waals surface area contributed by atoms with Gasteiger partial charge in [0.15, 0.2) is 5.65 Å². The van der Waals surface area contributed by atoms with Gasteiger partial charge in [0.05, 0.1) is 17.4 Å². The van der Waals surface area contributed by atoms with Crippen molar-refractivity contribution in [3.05, 3.63) is 101 Å². The fourth-order valence-corrected chi connectivity index (χ4v) is 6.66. The first-order valence-electron chi connectivity index (χ1n) is 14.4. The number of amides is 2. The maximum absolute atomic E-state index is 13.5. The van der Waals surface area contributed by atoms with E-state index in [-0.39, 0.29) is 28.7 Å². The minimum atomic E-state index is -0.248. The number of urea groups is 1. The lowest BCUT2D eigenvalue weighted by atomic mass is 9.92. The number of hydrogen-bond acceptors (Lipinski definition) is 5. The zero-order valence-corrected chi connectivity index (χ0v) is 25.7. The second-order valence-corrected chi connectivity index (χ2v) is 13.6. The molecule has 0 radical (unpaired) electrons. The van der Waals surface area contributed by atoms with E-state index in [0.717, 1.165) is 39.7 Å². The van der Waals surface area contributed by atoms with Crippen LogP contribution in [0, 0.1) is 6.92 Å². The van der Waals surface area contributed by atoms with Crippen molar-refractivity contribution in [3.63, 3.8) is 0 Å². The van der Waals surface area contributed by atoms with Gasteiger partial charge >= 0.3 is 6.03 Å². The summed E-state index contributed by atoms with van der Waals surface area (Å²) >= 11 is 1.81. The number of nitrogens with one attached hydrogen (secondary N) is 2. The molecule has 5 aromatic rings. The molecule has 2 unspecified atom stereocenters. The van der Waals surface area contributed by atoms with Gasteiger partial charge in [-0.05, 0) is 48.7 Å². The van der Waals surface area contributed by atoms with Gasteiger partial charge in [0.2, 0.25) is 0 Å². The SMILES string of the molecule is Cc1ccc(-n2nc(C(C)(C)C)cc2NC(=O)NC2CC(Sc3ccc4nnc(C(C)C)n4c3)c3ccccc32)cc1. The van der Waals surface area contributed by atoms with Gasteiger partial charge in [-0.3, -0.25) is 9.72 Å². The number of benzene rings is 2. The van der Waals surface area contributed by atoms with Gasteiger partial charge in [-0.2, -0.15) is 5.10 Å². The Bertz CT molecular complexity index is 1750. The van der Waals surface area contributed by atoms with Crippen molar-refractivity contribution < 1.29 is 4.79 Å². The number of carbonyl (C=O) groups excluding carboxylic acids is 1. The van der Waals surface area contributed by atoms with Gasteiger partial charge in [0, 0.05) is 33.7 Å². The summed E-state index contributed by atoms with van der Waals surface area (Å²) in [5.41, 5.74) is 6.07. The zero-order valence-electron chi connectivity index (χ0n) is 24.9. The largest absolute Gasteiger partial charge is 0.331 e. The molecule has 2 amide bonds. The predicted molar refractivity (Wildman–Crippen MR) is 169 cm³/mol. The molecule has 0 saturated carbocycles. The van der Waals surface area contributed by atoms with Crippen molar-refractivity contribution >= 4 is 29.3 Å². The van der Waals surface area contributed by atoms with E-state index in [1.807, 2.05) is 46.8 Å². The highest BCUT2D eigenvalue weighted by molar-refractivity contribution is 7.99. The lowest BCUT2D eigenvalue weighted by molar-refractivity contribution is 0.248. The van der Waals surface area contributed by atoms with E-state index >= 15 is 0 Å². The van der Waals surface area contributed by atoms with E-state index in [1.54, 1.807) is 0 Å². The Kier molecular flexibility index (Phi) is 7.30. The number of anilines is 1. The molecule has 3 aromatic heterocycles. The molecule has 6 rings (SSSR count). The van der Waals surface area contributed by atoms with E-state index in [9.17, 15) is 4.79 Å². The molecule has 2 aromatic carbocycles. The Morgan fingerprint density at radius 1 is 1.00 bits per heavy atom. The van der Waals surface area contributed by atoms with Crippen LogP contribution in [0.1, 0.15) is 86.5 Å². The number of carbonyl (C=O) groups is 1. The number of nitrogens with zero attached hydrogens (tertiary/aromatic N) is 5. The number of fused-ring (bicyclic) bond motifs is 2. The first-order chi connectivity index (χ1) is 20.1. The second-order valence-electron chi connectivity index (χ2n) is 12.3. The van der Waals surface area contributed by atoms with Crippen LogP contribution in [0.3, 0.4) is 0 Å². The van der Waals surface area contributed by atoms with Crippen LogP contribution in [-0.2, 0) is 5.41 Å². The highest BCUT2D eigenvalue weighted by Gasteiger charge is 2.33. The highest BCUT2D eigenvalue weighted by Crippen LogP contribution is 2.49. The van der Waals surface area contributed by atoms with E-state index < -0.39 is 0 Å². The molecule has 42 heavy (non-hydrogen) atoms. The Morgan fingerprint density at radius 3 is 2.45 bits per heavy atom. The quantitative estimate of drug-likeness (QED) is 0.215. The van der Waals surface area contributed by atoms with Crippen molar-refractivity contribution in [1.82, 2.24) is 29.7 Å². The predicted octanol–water partition coefficient (Wildman–Crippen LogP) is 7.74. The summed E-state index contributed by atoms with van der Waals surface area (Å²) in [5, 5.41) is 20.1. The number of aryl methyl sites for hydroxylation is 1. The van der Waals surface area contributed by atoms with Crippen molar-refractivity contribution in [2.45, 2.75) is 75.5 Å². The zero-order chi connectivity index (χ0) is 29.6. The Balaban J connectivity index is 1.22. The average molecular weight is 580 g/mol. The molecule has 0 saturated heterocycles. The Morgan fingerprint density at radius 2 is 1.74 bits per heavy atom. The molecule has 1 aliphatic carbocycles. The standard InChI is InChI=1S/C33H37N7OS/c1-20(2)31-37-36-29-16-15-23(19-39(29)31)42-27-17-26(24-9-7-8-10-25(24)27)34-32(41)35-30-18-28(33(4,5)6)38-40(30)22-13-11-21(3)12-14-22/h7-16,18-20,26-27H,17H2,1-6H3,(H2,34,35,41). The number of pyridine rings is 1. The van der Waals surface area contributed by atoms with Gasteiger partial charge < -0.3 is 5.32 Å². The fraction of sp³-hybridized carbons (Fsp3) is 0.333. The molecular formula is C33H37N7OS. The average Bonchev–Trinajstić information content (AvgIpc) is 3.65. The molecule has 8 nitrogen and oxygen atoms in total. The number of hydrogen-bond donors (Lipinski definition) is 2. The van der Waals surface area contributed by atoms with Crippen LogP contribution in [0.2, 0.25) is 0 Å². The van der Waals surface area contributed by atoms with E-state index in [0.29, 0.717) is 5.82 Å². The third kappa shape index (κ3) is 5.53. The fourth-order valence-electron chi connectivity index (χ4n) is 5.38. The molecule has 3 heterocycles. The lowest BCUT2D eigenvalue weighted by Gasteiger charge is -2.16. The summed E-state index contributed by atoms with van der Waals surface area (Å²) in [4.78, 5) is 14.6. The van der Waals surface area contributed by atoms with Crippen LogP contribution < -0.4 is 10.6 Å². The van der Waals surface area contributed by atoms with Crippen molar-refractivity contribution in [2.24, 2.45) is 0 Å². The minimum Gasteiger partial charge on any atom is -0.331 e. The number of thioether (sulfide) groups is 1. The van der Waals surface area contributed by atoms with Gasteiger partial charge in [-0.25, -0.2) is 9.48 Å². The summed E-state index contributed by atoms with van der Waals surface area (Å²) in [5.74, 6) is 1.87. The summed E-state index contributed by atoms with van der Waals surface area (Å²) in [6, 6.07) is 22.3. The topological polar surface area (TPSA) is 89.1 Å². The second kappa shape index (κ2) is 10.9. The van der Waals surface area contributed by atoms with Gasteiger partial charge in [-0.1, -0.05) is 76.6 Å². The van der Waals surface area contributed by atoms with Gasteiger partial charge in [-0.15, -0.1) is 22.0 Å². The monoisotopic (exact) mass is 579 g/mol. The molecule has 0 spiro atoms. The van der Waals surface area contributed by atoms with E-state index in [1.165, 1.54) is 11.1 Å². The molecule has 0 aliphatic heterocycles. The molecule has 216 valence electrons. The van der Waals surface area contributed by atoms with E-state index in [2.05, 4.69) is 109 Å². The molecule has 1 aliphatic rings. The normalized spacial score (nSPS) is 16.6. The van der Waals surface area contributed by atoms with Crippen molar-refractivity contribution in [1.29, 1.82) is 0 Å². The molecule has 9 heteroatoms. The van der Waals surface area contributed by atoms with Crippen LogP contribution >= 0.6 is 11.8 Å². The summed E-state index contributed by atoms with van der Waals surface area (Å²) in [6.45, 7) is 12.7. The minimum absolute atomic E-state index is 0.110. The molecular weight excluding hydrogens is 542 g/mol. The third-order valence-electron chi connectivity index (χ3n) is 7.67. The van der Waals surface area contributed by atoms with Crippen LogP contribution in [0.15, 0.2) is 77.8 Å². The van der Waals surface area contributed by atoms with Crippen molar-refractivity contribution in [3.8, 4) is 5.69 Å². The van der Waals surface area contributed by atoms with Crippen LogP contribution in [0.25, 0.3) is 11.3 Å². The van der Waals surface area contributed by atoms with Crippen molar-refractivity contribution in [2.75, 3.05) is 5.32 Å². The van der Waals surface area contributed by atoms with E-state index in [4.69, 9.17) is 5.10 Å². The summed E-state index contributed by atoms with van der Waals surface area (Å²) in [6.07, 6.45) is 2.92. The Hall–Kier alpha value is -4.11. The lowest BCUT2D eigenvalue weighted by Crippen LogP contribution is -2.32. The molecule has 2 N–H and O–H groups in total. The summed E-state index contributed by atoms with van der Waals surface area (Å²) < 4.78 is 3.90. The van der Waals surface area contributed by atoms with Crippen LogP contribution in [0.5, 0.6) is 0 Å². The van der Waals surface area contributed by atoms with Gasteiger partial charge in [0.1, 0.15) is 11.6 Å². The van der Waals surface area contributed by atoms with Crippen LogP contribution in [-0.4, -0.2) is 30.4 Å². The smallest absolute Gasteiger partial charge is 0.320 e. The maximum atomic E-state index is 13.5. The third-order valence-corrected chi connectivity index (χ3v) is 8.91.